The van der Waals surface area contributed by atoms with E-state index in [9.17, 15) is 0 Å². The highest BCUT2D eigenvalue weighted by molar-refractivity contribution is 4.99. The third kappa shape index (κ3) is 35.1. The van der Waals surface area contributed by atoms with Crippen molar-refractivity contribution in [2.24, 2.45) is 0 Å². The van der Waals surface area contributed by atoms with Gasteiger partial charge in [-0.1, -0.05) is 135 Å². The van der Waals surface area contributed by atoms with Crippen LogP contribution in [0.2, 0.25) is 0 Å². The van der Waals surface area contributed by atoms with Crippen LogP contribution in [0.1, 0.15) is 87.5 Å². The smallest absolute Gasteiger partial charge is 0.00218 e. The van der Waals surface area contributed by atoms with E-state index >= 15 is 0 Å². The molecule has 2 aromatic carbocycles. The summed E-state index contributed by atoms with van der Waals surface area (Å²) in [5.74, 6) is 0. The molecular formula is C31H60N2. The highest BCUT2D eigenvalue weighted by Crippen LogP contribution is 2.05. The summed E-state index contributed by atoms with van der Waals surface area (Å²) < 4.78 is 0. The van der Waals surface area contributed by atoms with Crippen LogP contribution in [-0.2, 0) is 0 Å². The number of piperidine rings is 2. The van der Waals surface area contributed by atoms with Crippen molar-refractivity contribution in [3.8, 4) is 0 Å². The van der Waals surface area contributed by atoms with Crippen LogP contribution in [0.25, 0.3) is 0 Å². The second kappa shape index (κ2) is 37.7. The molecule has 2 aromatic rings. The Morgan fingerprint density at radius 2 is 0.485 bits per heavy atom. The van der Waals surface area contributed by atoms with Gasteiger partial charge in [-0.15, -0.1) is 0 Å². The van der Waals surface area contributed by atoms with Crippen molar-refractivity contribution in [3.05, 3.63) is 72.8 Å². The summed E-state index contributed by atoms with van der Waals surface area (Å²) in [4.78, 5) is 4.78. The quantitative estimate of drug-likeness (QED) is 0.386. The van der Waals surface area contributed by atoms with E-state index in [4.69, 9.17) is 0 Å². The maximum Gasteiger partial charge on any atom is -0.00218 e. The van der Waals surface area contributed by atoms with Gasteiger partial charge in [-0.3, -0.25) is 0 Å². The molecule has 4 rings (SSSR count). The molecule has 0 spiro atoms. The Balaban J connectivity index is -0.000000157. The van der Waals surface area contributed by atoms with Crippen LogP contribution in [0, 0.1) is 0 Å². The number of hydrogen-bond donors (Lipinski definition) is 0. The minimum Gasteiger partial charge on any atom is -0.306 e. The molecule has 0 aliphatic carbocycles. The first-order chi connectivity index (χ1) is 15.8. The van der Waals surface area contributed by atoms with Crippen molar-refractivity contribution < 1.29 is 0 Å². The third-order valence-corrected chi connectivity index (χ3v) is 4.49. The first kappa shape index (κ1) is 38.6. The molecule has 2 saturated heterocycles. The van der Waals surface area contributed by atoms with Crippen molar-refractivity contribution >= 4 is 0 Å². The topological polar surface area (TPSA) is 6.48 Å². The maximum absolute atomic E-state index is 2.39. The van der Waals surface area contributed by atoms with E-state index in [0.29, 0.717) is 0 Å². The fourth-order valence-electron chi connectivity index (χ4n) is 2.87. The summed E-state index contributed by atoms with van der Waals surface area (Å²) in [7, 11) is 4.39. The van der Waals surface area contributed by atoms with Gasteiger partial charge in [0.05, 0.1) is 0 Å². The molecule has 2 aliphatic heterocycles. The summed E-state index contributed by atoms with van der Waals surface area (Å²) in [5.41, 5.74) is 0. The van der Waals surface area contributed by atoms with Crippen molar-refractivity contribution in [2.75, 3.05) is 40.3 Å². The van der Waals surface area contributed by atoms with Gasteiger partial charge in [-0.05, 0) is 66.0 Å². The standard InChI is InChI=1S/2C6H13N.2C6H6.3C2H6.CH4/c2*1-7-5-3-2-4-6-7;2*1-2-4-6-5-3-1;3*1-2;/h2*2-6H2,1H3;2*1-6H;3*1-2H3;1H4. The van der Waals surface area contributed by atoms with Crippen molar-refractivity contribution in [3.63, 3.8) is 0 Å². The van der Waals surface area contributed by atoms with Crippen LogP contribution in [0.15, 0.2) is 72.8 Å². The van der Waals surface area contributed by atoms with Gasteiger partial charge in [0.1, 0.15) is 0 Å². The first-order valence-corrected chi connectivity index (χ1v) is 13.2. The van der Waals surface area contributed by atoms with Crippen LogP contribution in [0.5, 0.6) is 0 Å². The van der Waals surface area contributed by atoms with E-state index in [1.165, 1.54) is 64.7 Å². The largest absolute Gasteiger partial charge is 0.306 e. The van der Waals surface area contributed by atoms with Gasteiger partial charge in [0.25, 0.3) is 0 Å². The SMILES string of the molecule is C.CC.CC.CC.CN1CCCCC1.CN1CCCCC1.c1ccccc1.c1ccccc1. The Labute approximate surface area is 210 Å². The van der Waals surface area contributed by atoms with Gasteiger partial charge >= 0.3 is 0 Å². The molecule has 33 heavy (non-hydrogen) atoms. The third-order valence-electron chi connectivity index (χ3n) is 4.49. The molecule has 2 nitrogen and oxygen atoms in total. The molecule has 2 aliphatic rings. The molecule has 0 unspecified atom stereocenters. The minimum absolute atomic E-state index is 0. The minimum atomic E-state index is 0. The van der Waals surface area contributed by atoms with Crippen LogP contribution in [0.4, 0.5) is 0 Å². The molecule has 0 N–H and O–H groups in total. The van der Waals surface area contributed by atoms with Crippen LogP contribution < -0.4 is 0 Å². The normalized spacial score (nSPS) is 14.2. The van der Waals surface area contributed by atoms with Gasteiger partial charge in [0.15, 0.2) is 0 Å². The fourth-order valence-corrected chi connectivity index (χ4v) is 2.87. The van der Waals surface area contributed by atoms with Crippen molar-refractivity contribution in [1.29, 1.82) is 0 Å². The molecular weight excluding hydrogens is 400 g/mol. The molecule has 0 atom stereocenters. The van der Waals surface area contributed by atoms with E-state index in [1.807, 2.05) is 114 Å². The molecule has 0 aromatic heterocycles. The second-order valence-electron chi connectivity index (χ2n) is 7.04. The van der Waals surface area contributed by atoms with Crippen molar-refractivity contribution in [2.45, 2.75) is 87.5 Å². The number of likely N-dealkylation sites (tertiary alicyclic amines) is 2. The van der Waals surface area contributed by atoms with Gasteiger partial charge in [0.2, 0.25) is 0 Å². The Bertz CT molecular complexity index is 374. The lowest BCUT2D eigenvalue weighted by atomic mass is 10.1. The van der Waals surface area contributed by atoms with Crippen LogP contribution in [0.3, 0.4) is 0 Å². The van der Waals surface area contributed by atoms with Crippen LogP contribution >= 0.6 is 0 Å². The number of rotatable bonds is 0. The lowest BCUT2D eigenvalue weighted by molar-refractivity contribution is 0.277. The fraction of sp³-hybridized carbons (Fsp3) is 0.613. The average Bonchev–Trinajstić information content (AvgIpc) is 2.92. The summed E-state index contributed by atoms with van der Waals surface area (Å²) in [5, 5.41) is 0. The van der Waals surface area contributed by atoms with Gasteiger partial charge < -0.3 is 9.80 Å². The van der Waals surface area contributed by atoms with E-state index in [1.54, 1.807) is 0 Å². The van der Waals surface area contributed by atoms with Gasteiger partial charge in [-0.2, -0.15) is 0 Å². The molecule has 0 bridgehead atoms. The lowest BCUT2D eigenvalue weighted by Crippen LogP contribution is -2.24. The number of hydrogen-bond acceptors (Lipinski definition) is 2. The highest BCUT2D eigenvalue weighted by Gasteiger charge is 2.02. The molecule has 0 amide bonds. The predicted molar refractivity (Wildman–Crippen MR) is 156 cm³/mol. The predicted octanol–water partition coefficient (Wildman–Crippen LogP) is 9.29. The molecule has 2 heteroatoms. The summed E-state index contributed by atoms with van der Waals surface area (Å²) >= 11 is 0. The van der Waals surface area contributed by atoms with Crippen molar-refractivity contribution in [1.82, 2.24) is 9.80 Å². The molecule has 0 saturated carbocycles. The Morgan fingerprint density at radius 1 is 0.333 bits per heavy atom. The highest BCUT2D eigenvalue weighted by atomic mass is 15.1. The van der Waals surface area contributed by atoms with E-state index < -0.39 is 0 Å². The second-order valence-corrected chi connectivity index (χ2v) is 7.04. The monoisotopic (exact) mass is 460 g/mol. The maximum atomic E-state index is 2.39. The zero-order valence-corrected chi connectivity index (χ0v) is 22.9. The Kier molecular flexibility index (Phi) is 44.1. The summed E-state index contributed by atoms with van der Waals surface area (Å²) in [6, 6.07) is 24.0. The molecule has 2 heterocycles. The lowest BCUT2D eigenvalue weighted by Gasteiger charge is -2.20. The Hall–Kier alpha value is -1.64. The molecule has 194 valence electrons. The number of nitrogens with zero attached hydrogens (tertiary/aromatic N) is 2. The zero-order valence-electron chi connectivity index (χ0n) is 22.9. The summed E-state index contributed by atoms with van der Waals surface area (Å²) in [6.45, 7) is 17.3. The van der Waals surface area contributed by atoms with Gasteiger partial charge in [0, 0.05) is 0 Å². The van der Waals surface area contributed by atoms with E-state index in [-0.39, 0.29) is 7.43 Å². The average molecular weight is 461 g/mol. The van der Waals surface area contributed by atoms with E-state index in [0.717, 1.165) is 0 Å². The number of benzene rings is 2. The summed E-state index contributed by atoms with van der Waals surface area (Å²) in [6.07, 6.45) is 8.55. The first-order valence-electron chi connectivity index (χ1n) is 13.2. The van der Waals surface area contributed by atoms with Gasteiger partial charge in [-0.25, -0.2) is 0 Å². The zero-order chi connectivity index (χ0) is 24.7. The Morgan fingerprint density at radius 3 is 0.576 bits per heavy atom. The molecule has 2 fully saturated rings. The molecule has 0 radical (unpaired) electrons. The van der Waals surface area contributed by atoms with Crippen LogP contribution in [-0.4, -0.2) is 50.1 Å². The van der Waals surface area contributed by atoms with E-state index in [2.05, 4.69) is 23.9 Å².